The van der Waals surface area contributed by atoms with Gasteiger partial charge in [-0.15, -0.1) is 11.3 Å². The quantitative estimate of drug-likeness (QED) is 0.858. The third-order valence-electron chi connectivity index (χ3n) is 2.51. The van der Waals surface area contributed by atoms with E-state index in [1.54, 1.807) is 36.6 Å². The maximum Gasteiger partial charge on any atom is 0.311 e. The molecule has 1 amide bonds. The summed E-state index contributed by atoms with van der Waals surface area (Å²) in [4.78, 5) is 27.5. The molecule has 2 rings (SSSR count). The highest BCUT2D eigenvalue weighted by molar-refractivity contribution is 7.14. The van der Waals surface area contributed by atoms with Gasteiger partial charge in [0, 0.05) is 16.0 Å². The third kappa shape index (κ3) is 4.54. The second-order valence-electron chi connectivity index (χ2n) is 4.09. The zero-order valence-electron chi connectivity index (χ0n) is 11.3. The number of nitrogens with zero attached hydrogens (tertiary/aromatic N) is 1. The number of amides is 1. The molecule has 1 N–H and O–H groups in total. The molecule has 0 atom stereocenters. The van der Waals surface area contributed by atoms with Crippen LogP contribution in [0, 0.1) is 0 Å². The fraction of sp³-hybridized carbons (Fsp3) is 0.214. The van der Waals surface area contributed by atoms with Gasteiger partial charge in [-0.2, -0.15) is 0 Å². The Bertz CT molecular complexity index is 640. The first-order valence-corrected chi connectivity index (χ1v) is 7.51. The van der Waals surface area contributed by atoms with Gasteiger partial charge in [-0.3, -0.25) is 14.9 Å². The molecule has 0 spiro atoms. The van der Waals surface area contributed by atoms with Gasteiger partial charge in [0.2, 0.25) is 0 Å². The summed E-state index contributed by atoms with van der Waals surface area (Å²) in [7, 11) is 0. The Kier molecular flexibility index (Phi) is 5.30. The Balaban J connectivity index is 1.97. The Morgan fingerprint density at radius 2 is 2.05 bits per heavy atom. The van der Waals surface area contributed by atoms with Gasteiger partial charge in [0.1, 0.15) is 0 Å². The van der Waals surface area contributed by atoms with Crippen LogP contribution >= 0.6 is 22.9 Å². The number of rotatable bonds is 5. The van der Waals surface area contributed by atoms with Gasteiger partial charge >= 0.3 is 5.97 Å². The Morgan fingerprint density at radius 1 is 1.33 bits per heavy atom. The highest BCUT2D eigenvalue weighted by Gasteiger charge is 2.11. The summed E-state index contributed by atoms with van der Waals surface area (Å²) in [5.74, 6) is -0.609. The molecule has 0 fully saturated rings. The number of hydrogen-bond acceptors (Lipinski definition) is 5. The van der Waals surface area contributed by atoms with Crippen LogP contribution in [-0.2, 0) is 16.0 Å². The van der Waals surface area contributed by atoms with E-state index in [-0.39, 0.29) is 18.3 Å². The summed E-state index contributed by atoms with van der Waals surface area (Å²) in [5, 5.41) is 5.40. The van der Waals surface area contributed by atoms with E-state index in [9.17, 15) is 9.59 Å². The van der Waals surface area contributed by atoms with E-state index in [0.717, 1.165) is 0 Å². The number of thiazole rings is 1. The van der Waals surface area contributed by atoms with Gasteiger partial charge in [0.05, 0.1) is 18.7 Å². The molecule has 0 radical (unpaired) electrons. The van der Waals surface area contributed by atoms with Crippen molar-refractivity contribution in [3.8, 4) is 0 Å². The van der Waals surface area contributed by atoms with Crippen LogP contribution in [0.25, 0.3) is 0 Å². The zero-order valence-corrected chi connectivity index (χ0v) is 12.8. The Labute approximate surface area is 130 Å². The first-order valence-electron chi connectivity index (χ1n) is 6.25. The molecule has 0 unspecified atom stereocenters. The number of carbonyl (C=O) groups is 2. The van der Waals surface area contributed by atoms with E-state index in [1.165, 1.54) is 11.3 Å². The first kappa shape index (κ1) is 15.5. The molecule has 0 aliphatic rings. The van der Waals surface area contributed by atoms with Crippen molar-refractivity contribution >= 4 is 39.9 Å². The van der Waals surface area contributed by atoms with Crippen LogP contribution in [0.15, 0.2) is 29.6 Å². The number of anilines is 1. The van der Waals surface area contributed by atoms with Crippen molar-refractivity contribution in [2.24, 2.45) is 0 Å². The number of aromatic nitrogens is 1. The van der Waals surface area contributed by atoms with Crippen LogP contribution in [-0.4, -0.2) is 23.5 Å². The van der Waals surface area contributed by atoms with Crippen molar-refractivity contribution in [2.45, 2.75) is 13.3 Å². The van der Waals surface area contributed by atoms with Crippen molar-refractivity contribution in [3.05, 3.63) is 45.9 Å². The molecule has 0 aliphatic heterocycles. The van der Waals surface area contributed by atoms with Crippen LogP contribution in [0.2, 0.25) is 5.02 Å². The summed E-state index contributed by atoms with van der Waals surface area (Å²) in [6, 6.07) is 6.55. The largest absolute Gasteiger partial charge is 0.466 e. The number of nitrogens with one attached hydrogen (secondary N) is 1. The molecule has 110 valence electrons. The summed E-state index contributed by atoms with van der Waals surface area (Å²) < 4.78 is 4.84. The Hall–Kier alpha value is -1.92. The topological polar surface area (TPSA) is 68.3 Å². The number of benzene rings is 1. The molecule has 0 saturated heterocycles. The monoisotopic (exact) mass is 324 g/mol. The molecule has 5 nitrogen and oxygen atoms in total. The minimum absolute atomic E-state index is 0.0984. The predicted octanol–water partition coefficient (Wildman–Crippen LogP) is 3.15. The average Bonchev–Trinajstić information content (AvgIpc) is 2.86. The molecule has 21 heavy (non-hydrogen) atoms. The number of hydrogen-bond donors (Lipinski definition) is 1. The lowest BCUT2D eigenvalue weighted by molar-refractivity contribution is -0.142. The maximum absolute atomic E-state index is 12.0. The lowest BCUT2D eigenvalue weighted by Gasteiger charge is -2.01. The van der Waals surface area contributed by atoms with Crippen molar-refractivity contribution in [3.63, 3.8) is 0 Å². The van der Waals surface area contributed by atoms with Crippen molar-refractivity contribution in [1.82, 2.24) is 4.98 Å². The van der Waals surface area contributed by atoms with E-state index in [2.05, 4.69) is 10.3 Å². The van der Waals surface area contributed by atoms with Gasteiger partial charge < -0.3 is 4.74 Å². The molecule has 0 bridgehead atoms. The summed E-state index contributed by atoms with van der Waals surface area (Å²) >= 11 is 7.03. The fourth-order valence-electron chi connectivity index (χ4n) is 1.58. The second-order valence-corrected chi connectivity index (χ2v) is 5.38. The summed E-state index contributed by atoms with van der Waals surface area (Å²) in [5.41, 5.74) is 1.06. The molecule has 1 aromatic carbocycles. The van der Waals surface area contributed by atoms with Crippen LogP contribution < -0.4 is 5.32 Å². The number of carbonyl (C=O) groups excluding carboxylic acids is 2. The molecule has 0 saturated carbocycles. The highest BCUT2D eigenvalue weighted by Crippen LogP contribution is 2.18. The smallest absolute Gasteiger partial charge is 0.311 e. The fourth-order valence-corrected chi connectivity index (χ4v) is 2.41. The normalized spacial score (nSPS) is 10.2. The van der Waals surface area contributed by atoms with E-state index < -0.39 is 0 Å². The number of ether oxygens (including phenoxy) is 1. The molecular formula is C14H13ClN2O3S. The van der Waals surface area contributed by atoms with E-state index >= 15 is 0 Å². The lowest BCUT2D eigenvalue weighted by atomic mass is 10.2. The molecule has 1 aromatic heterocycles. The zero-order chi connectivity index (χ0) is 15.2. The standard InChI is InChI=1S/C14H13ClN2O3S/c1-2-20-12(18)7-11-8-21-14(16-11)17-13(19)9-3-5-10(15)6-4-9/h3-6,8H,2,7H2,1H3,(H,16,17,19). The van der Waals surface area contributed by atoms with Crippen LogP contribution in [0.1, 0.15) is 23.0 Å². The maximum atomic E-state index is 12.0. The van der Waals surface area contributed by atoms with Gasteiger partial charge in [-0.05, 0) is 31.2 Å². The van der Waals surface area contributed by atoms with Crippen molar-refractivity contribution in [2.75, 3.05) is 11.9 Å². The number of esters is 1. The number of halogens is 1. The summed E-state index contributed by atoms with van der Waals surface area (Å²) in [6.07, 6.45) is 0.0984. The molecular weight excluding hydrogens is 312 g/mol. The minimum atomic E-state index is -0.335. The highest BCUT2D eigenvalue weighted by atomic mass is 35.5. The average molecular weight is 325 g/mol. The molecule has 7 heteroatoms. The van der Waals surface area contributed by atoms with E-state index in [0.29, 0.717) is 28.0 Å². The SMILES string of the molecule is CCOC(=O)Cc1csc(NC(=O)c2ccc(Cl)cc2)n1. The van der Waals surface area contributed by atoms with E-state index in [1.807, 2.05) is 0 Å². The van der Waals surface area contributed by atoms with E-state index in [4.69, 9.17) is 16.3 Å². The first-order chi connectivity index (χ1) is 10.1. The van der Waals surface area contributed by atoms with Crippen molar-refractivity contribution in [1.29, 1.82) is 0 Å². The third-order valence-corrected chi connectivity index (χ3v) is 3.57. The predicted molar refractivity (Wildman–Crippen MR) is 81.9 cm³/mol. The van der Waals surface area contributed by atoms with Gasteiger partial charge in [0.25, 0.3) is 5.91 Å². The van der Waals surface area contributed by atoms with Crippen LogP contribution in [0.4, 0.5) is 5.13 Å². The van der Waals surface area contributed by atoms with Gasteiger partial charge in [-0.25, -0.2) is 4.98 Å². The lowest BCUT2D eigenvalue weighted by Crippen LogP contribution is -2.12. The van der Waals surface area contributed by atoms with Crippen LogP contribution in [0.5, 0.6) is 0 Å². The van der Waals surface area contributed by atoms with Crippen molar-refractivity contribution < 1.29 is 14.3 Å². The minimum Gasteiger partial charge on any atom is -0.466 e. The second kappa shape index (κ2) is 7.19. The van der Waals surface area contributed by atoms with Gasteiger partial charge in [0.15, 0.2) is 5.13 Å². The molecule has 0 aliphatic carbocycles. The van der Waals surface area contributed by atoms with Gasteiger partial charge in [-0.1, -0.05) is 11.6 Å². The molecule has 1 heterocycles. The van der Waals surface area contributed by atoms with Crippen LogP contribution in [0.3, 0.4) is 0 Å². The molecule has 2 aromatic rings. The summed E-state index contributed by atoms with van der Waals surface area (Å²) in [6.45, 7) is 2.08. The Morgan fingerprint density at radius 3 is 2.71 bits per heavy atom.